The van der Waals surface area contributed by atoms with Crippen molar-refractivity contribution in [2.45, 2.75) is 13.3 Å². The monoisotopic (exact) mass is 234 g/mol. The Morgan fingerprint density at radius 3 is 2.67 bits per heavy atom. The van der Waals surface area contributed by atoms with Gasteiger partial charge in [0.15, 0.2) is 5.78 Å². The van der Waals surface area contributed by atoms with Gasteiger partial charge in [-0.2, -0.15) is 0 Å². The van der Waals surface area contributed by atoms with Crippen molar-refractivity contribution >= 4 is 28.4 Å². The number of rotatable bonds is 1. The van der Waals surface area contributed by atoms with Crippen LogP contribution in [0.2, 0.25) is 0 Å². The smallest absolute Gasteiger partial charge is 0.156 e. The standard InChI is InChI=1S/C7H7IO/c1-5(9)6-2-3-7(8)4-6/h3-4H,2H2,1H3. The summed E-state index contributed by atoms with van der Waals surface area (Å²) in [6.45, 7) is 1.61. The van der Waals surface area contributed by atoms with Crippen molar-refractivity contribution in [2.24, 2.45) is 0 Å². The number of hydrogen-bond donors (Lipinski definition) is 0. The molecule has 0 amide bonds. The highest BCUT2D eigenvalue weighted by molar-refractivity contribution is 14.1. The number of halogens is 1. The summed E-state index contributed by atoms with van der Waals surface area (Å²) >= 11 is 2.21. The van der Waals surface area contributed by atoms with Gasteiger partial charge in [0.1, 0.15) is 0 Å². The molecule has 0 fully saturated rings. The molecule has 1 aliphatic rings. The van der Waals surface area contributed by atoms with Gasteiger partial charge >= 0.3 is 0 Å². The van der Waals surface area contributed by atoms with E-state index in [-0.39, 0.29) is 5.78 Å². The van der Waals surface area contributed by atoms with Gasteiger partial charge < -0.3 is 0 Å². The summed E-state index contributed by atoms with van der Waals surface area (Å²) in [5.74, 6) is 0.193. The Labute approximate surface area is 68.0 Å². The first-order valence-corrected chi connectivity index (χ1v) is 3.85. The molecular formula is C7H7IO. The molecule has 1 aliphatic carbocycles. The van der Waals surface area contributed by atoms with E-state index >= 15 is 0 Å². The molecule has 0 aromatic carbocycles. The highest BCUT2D eigenvalue weighted by Gasteiger charge is 2.07. The Morgan fingerprint density at radius 1 is 1.78 bits per heavy atom. The van der Waals surface area contributed by atoms with Crippen LogP contribution in [0, 0.1) is 0 Å². The highest BCUT2D eigenvalue weighted by Crippen LogP contribution is 2.22. The molecule has 9 heavy (non-hydrogen) atoms. The van der Waals surface area contributed by atoms with Crippen LogP contribution in [0.5, 0.6) is 0 Å². The van der Waals surface area contributed by atoms with E-state index in [0.29, 0.717) is 0 Å². The molecule has 1 nitrogen and oxygen atoms in total. The molecule has 48 valence electrons. The molecule has 0 bridgehead atoms. The Balaban J connectivity index is 2.71. The fourth-order valence-electron chi connectivity index (χ4n) is 0.737. The minimum Gasteiger partial charge on any atom is -0.295 e. The summed E-state index contributed by atoms with van der Waals surface area (Å²) in [6, 6.07) is 0. The van der Waals surface area contributed by atoms with E-state index in [1.165, 1.54) is 3.58 Å². The van der Waals surface area contributed by atoms with Gasteiger partial charge in [-0.05, 0) is 47.6 Å². The third-order valence-electron chi connectivity index (χ3n) is 1.28. The lowest BCUT2D eigenvalue weighted by molar-refractivity contribution is -0.113. The van der Waals surface area contributed by atoms with Gasteiger partial charge in [-0.3, -0.25) is 4.79 Å². The molecule has 0 radical (unpaired) electrons. The first kappa shape index (κ1) is 6.99. The van der Waals surface area contributed by atoms with Crippen LogP contribution in [-0.2, 0) is 4.79 Å². The third-order valence-corrected chi connectivity index (χ3v) is 2.03. The molecule has 0 spiro atoms. The molecule has 0 heterocycles. The van der Waals surface area contributed by atoms with Crippen LogP contribution in [0.15, 0.2) is 21.3 Å². The van der Waals surface area contributed by atoms with E-state index < -0.39 is 0 Å². The van der Waals surface area contributed by atoms with Gasteiger partial charge in [-0.15, -0.1) is 0 Å². The number of allylic oxidation sites excluding steroid dienone is 4. The molecule has 0 atom stereocenters. The molecule has 0 unspecified atom stereocenters. The third kappa shape index (κ3) is 1.64. The first-order chi connectivity index (χ1) is 4.20. The zero-order valence-corrected chi connectivity index (χ0v) is 7.31. The maximum Gasteiger partial charge on any atom is 0.156 e. The van der Waals surface area contributed by atoms with E-state index in [2.05, 4.69) is 28.7 Å². The highest BCUT2D eigenvalue weighted by atomic mass is 127. The van der Waals surface area contributed by atoms with E-state index in [1.54, 1.807) is 6.92 Å². The molecule has 0 saturated carbocycles. The topological polar surface area (TPSA) is 17.1 Å². The number of Topliss-reactive ketones (excluding diaryl/α,β-unsaturated/α-hetero) is 1. The summed E-state index contributed by atoms with van der Waals surface area (Å²) in [5.41, 5.74) is 0.930. The van der Waals surface area contributed by atoms with Crippen LogP contribution in [-0.4, -0.2) is 5.78 Å². The van der Waals surface area contributed by atoms with E-state index in [9.17, 15) is 4.79 Å². The summed E-state index contributed by atoms with van der Waals surface area (Å²) in [4.78, 5) is 10.7. The maximum absolute atomic E-state index is 10.7. The maximum atomic E-state index is 10.7. The second kappa shape index (κ2) is 2.64. The molecule has 1 rings (SSSR count). The second-order valence-corrected chi connectivity index (χ2v) is 3.26. The van der Waals surface area contributed by atoms with Gasteiger partial charge in [0.25, 0.3) is 0 Å². The molecule has 2 heteroatoms. The summed E-state index contributed by atoms with van der Waals surface area (Å²) in [6.07, 6.45) is 4.81. The van der Waals surface area contributed by atoms with Crippen LogP contribution >= 0.6 is 22.6 Å². The molecule has 0 aromatic heterocycles. The van der Waals surface area contributed by atoms with Crippen molar-refractivity contribution in [3.05, 3.63) is 21.3 Å². The van der Waals surface area contributed by atoms with Crippen molar-refractivity contribution in [3.8, 4) is 0 Å². The Hall–Kier alpha value is -0.120. The minimum absolute atomic E-state index is 0.193. The number of hydrogen-bond acceptors (Lipinski definition) is 1. The fraction of sp³-hybridized carbons (Fsp3) is 0.286. The zero-order chi connectivity index (χ0) is 6.85. The van der Waals surface area contributed by atoms with Crippen LogP contribution in [0.1, 0.15) is 13.3 Å². The van der Waals surface area contributed by atoms with Crippen LogP contribution in [0.3, 0.4) is 0 Å². The molecule has 0 N–H and O–H groups in total. The van der Waals surface area contributed by atoms with Gasteiger partial charge in [0.05, 0.1) is 0 Å². The normalized spacial score (nSPS) is 17.1. The second-order valence-electron chi connectivity index (χ2n) is 2.02. The van der Waals surface area contributed by atoms with Crippen molar-refractivity contribution in [3.63, 3.8) is 0 Å². The molecular weight excluding hydrogens is 227 g/mol. The van der Waals surface area contributed by atoms with E-state index in [1.807, 2.05) is 6.08 Å². The lowest BCUT2D eigenvalue weighted by atomic mass is 10.2. The number of carbonyl (C=O) groups excluding carboxylic acids is 1. The van der Waals surface area contributed by atoms with Crippen LogP contribution in [0.4, 0.5) is 0 Å². The molecule has 0 aromatic rings. The number of ketones is 1. The molecule has 0 saturated heterocycles. The van der Waals surface area contributed by atoms with Gasteiger partial charge in [-0.25, -0.2) is 0 Å². The lowest BCUT2D eigenvalue weighted by Gasteiger charge is -1.88. The largest absolute Gasteiger partial charge is 0.295 e. The van der Waals surface area contributed by atoms with Crippen molar-refractivity contribution < 1.29 is 4.79 Å². The Bertz CT molecular complexity index is 201. The average molecular weight is 234 g/mol. The average Bonchev–Trinajstić information content (AvgIpc) is 2.14. The summed E-state index contributed by atoms with van der Waals surface area (Å²) < 4.78 is 1.18. The fourth-order valence-corrected chi connectivity index (χ4v) is 1.33. The lowest BCUT2D eigenvalue weighted by Crippen LogP contribution is -1.91. The Kier molecular flexibility index (Phi) is 2.05. The van der Waals surface area contributed by atoms with Gasteiger partial charge in [-0.1, -0.05) is 6.08 Å². The summed E-state index contributed by atoms with van der Waals surface area (Å²) in [7, 11) is 0. The zero-order valence-electron chi connectivity index (χ0n) is 5.15. The van der Waals surface area contributed by atoms with Gasteiger partial charge in [0, 0.05) is 3.58 Å². The quantitative estimate of drug-likeness (QED) is 0.636. The first-order valence-electron chi connectivity index (χ1n) is 2.77. The van der Waals surface area contributed by atoms with E-state index in [0.717, 1.165) is 12.0 Å². The SMILES string of the molecule is CC(=O)C1=CC(I)=CC1. The Morgan fingerprint density at radius 2 is 2.44 bits per heavy atom. The van der Waals surface area contributed by atoms with E-state index in [4.69, 9.17) is 0 Å². The number of carbonyl (C=O) groups is 1. The van der Waals surface area contributed by atoms with Crippen LogP contribution in [0.25, 0.3) is 0 Å². The van der Waals surface area contributed by atoms with Crippen LogP contribution < -0.4 is 0 Å². The predicted octanol–water partition coefficient (Wildman–Crippen LogP) is 2.22. The minimum atomic E-state index is 0.193. The molecule has 0 aliphatic heterocycles. The van der Waals surface area contributed by atoms with Crippen molar-refractivity contribution in [2.75, 3.05) is 0 Å². The summed E-state index contributed by atoms with van der Waals surface area (Å²) in [5, 5.41) is 0. The van der Waals surface area contributed by atoms with Crippen molar-refractivity contribution in [1.82, 2.24) is 0 Å². The van der Waals surface area contributed by atoms with Crippen molar-refractivity contribution in [1.29, 1.82) is 0 Å². The van der Waals surface area contributed by atoms with Gasteiger partial charge in [0.2, 0.25) is 0 Å². The predicted molar refractivity (Wildman–Crippen MR) is 45.5 cm³/mol.